The zero-order valence-electron chi connectivity index (χ0n) is 10.2. The number of benzene rings is 1. The lowest BCUT2D eigenvalue weighted by atomic mass is 10.1. The van der Waals surface area contributed by atoms with E-state index in [2.05, 4.69) is 5.32 Å². The van der Waals surface area contributed by atoms with E-state index in [1.807, 2.05) is 6.26 Å². The maximum atomic E-state index is 11.5. The minimum Gasteiger partial charge on any atom is -0.478 e. The number of thioether (sulfide) groups is 1. The summed E-state index contributed by atoms with van der Waals surface area (Å²) in [5.74, 6) is -2.14. The third-order valence-corrected chi connectivity index (χ3v) is 2.86. The van der Waals surface area contributed by atoms with E-state index in [1.54, 1.807) is 0 Å². The van der Waals surface area contributed by atoms with Gasteiger partial charge in [0.25, 0.3) is 0 Å². The number of anilines is 1. The van der Waals surface area contributed by atoms with Crippen LogP contribution in [0.25, 0.3) is 0 Å². The van der Waals surface area contributed by atoms with E-state index < -0.39 is 11.9 Å². The molecule has 0 spiro atoms. The molecule has 0 radical (unpaired) electrons. The second kappa shape index (κ2) is 6.79. The molecule has 1 amide bonds. The molecule has 1 aromatic rings. The summed E-state index contributed by atoms with van der Waals surface area (Å²) < 4.78 is 0. The van der Waals surface area contributed by atoms with Crippen LogP contribution in [0.3, 0.4) is 0 Å². The zero-order valence-corrected chi connectivity index (χ0v) is 11.0. The van der Waals surface area contributed by atoms with Crippen molar-refractivity contribution in [1.29, 1.82) is 0 Å². The number of nitrogens with one attached hydrogen (secondary N) is 1. The predicted molar refractivity (Wildman–Crippen MR) is 72.0 cm³/mol. The van der Waals surface area contributed by atoms with Crippen LogP contribution in [0.4, 0.5) is 5.69 Å². The molecule has 0 atom stereocenters. The number of carboxylic acids is 2. The highest BCUT2D eigenvalue weighted by Gasteiger charge is 2.12. The topological polar surface area (TPSA) is 104 Å². The number of hydrogen-bond acceptors (Lipinski definition) is 4. The zero-order chi connectivity index (χ0) is 14.4. The van der Waals surface area contributed by atoms with Crippen LogP contribution in [0.2, 0.25) is 0 Å². The number of hydrogen-bond donors (Lipinski definition) is 3. The van der Waals surface area contributed by atoms with E-state index in [0.717, 1.165) is 6.07 Å². The molecule has 1 rings (SSSR count). The quantitative estimate of drug-likeness (QED) is 0.735. The van der Waals surface area contributed by atoms with Crippen molar-refractivity contribution in [3.8, 4) is 0 Å². The molecule has 0 aliphatic carbocycles. The summed E-state index contributed by atoms with van der Waals surface area (Å²) in [5.41, 5.74) is -0.191. The lowest BCUT2D eigenvalue weighted by Gasteiger charge is -2.07. The second-order valence-corrected chi connectivity index (χ2v) is 4.69. The summed E-state index contributed by atoms with van der Waals surface area (Å²) in [4.78, 5) is 33.3. The van der Waals surface area contributed by atoms with E-state index >= 15 is 0 Å². The molecule has 0 aromatic heterocycles. The highest BCUT2D eigenvalue weighted by atomic mass is 32.2. The van der Waals surface area contributed by atoms with Crippen LogP contribution in [0.15, 0.2) is 18.2 Å². The Bertz CT molecular complexity index is 483. The Morgan fingerprint density at radius 3 is 2.05 bits per heavy atom. The molecular weight excluding hydrogens is 270 g/mol. The minimum absolute atomic E-state index is 0.170. The molecular formula is C12H13NO5S. The fourth-order valence-corrected chi connectivity index (χ4v) is 1.75. The van der Waals surface area contributed by atoms with Crippen LogP contribution in [0, 0.1) is 0 Å². The van der Waals surface area contributed by atoms with E-state index in [9.17, 15) is 14.4 Å². The number of amides is 1. The van der Waals surface area contributed by atoms with E-state index in [4.69, 9.17) is 10.2 Å². The summed E-state index contributed by atoms with van der Waals surface area (Å²) in [5, 5.41) is 20.3. The van der Waals surface area contributed by atoms with Crippen LogP contribution in [0.1, 0.15) is 27.1 Å². The molecule has 0 unspecified atom stereocenters. The maximum Gasteiger partial charge on any atom is 0.335 e. The van der Waals surface area contributed by atoms with Crippen LogP contribution >= 0.6 is 11.8 Å². The summed E-state index contributed by atoms with van der Waals surface area (Å²) in [6, 6.07) is 3.50. The lowest BCUT2D eigenvalue weighted by Crippen LogP contribution is -2.13. The third-order valence-electron chi connectivity index (χ3n) is 2.24. The second-order valence-electron chi connectivity index (χ2n) is 3.70. The fraction of sp³-hybridized carbons (Fsp3) is 0.250. The van der Waals surface area contributed by atoms with Gasteiger partial charge in [-0.1, -0.05) is 0 Å². The molecule has 0 saturated heterocycles. The molecule has 0 bridgehead atoms. The molecule has 7 heteroatoms. The average molecular weight is 283 g/mol. The predicted octanol–water partition coefficient (Wildman–Crippen LogP) is 1.77. The van der Waals surface area contributed by atoms with Crippen molar-refractivity contribution in [1.82, 2.24) is 0 Å². The van der Waals surface area contributed by atoms with Gasteiger partial charge in [0, 0.05) is 17.9 Å². The van der Waals surface area contributed by atoms with Gasteiger partial charge < -0.3 is 15.5 Å². The number of carbonyl (C=O) groups is 3. The van der Waals surface area contributed by atoms with Crippen molar-refractivity contribution in [2.45, 2.75) is 6.42 Å². The summed E-state index contributed by atoms with van der Waals surface area (Å²) in [7, 11) is 0. The van der Waals surface area contributed by atoms with E-state index in [0.29, 0.717) is 5.75 Å². The van der Waals surface area contributed by atoms with Crippen LogP contribution in [-0.2, 0) is 4.79 Å². The van der Waals surface area contributed by atoms with Gasteiger partial charge in [-0.2, -0.15) is 11.8 Å². The van der Waals surface area contributed by atoms with Crippen molar-refractivity contribution in [2.24, 2.45) is 0 Å². The monoisotopic (exact) mass is 283 g/mol. The summed E-state index contributed by atoms with van der Waals surface area (Å²) in [6.07, 6.45) is 2.14. The van der Waals surface area contributed by atoms with Crippen molar-refractivity contribution >= 4 is 35.3 Å². The first-order valence-electron chi connectivity index (χ1n) is 5.34. The van der Waals surface area contributed by atoms with E-state index in [-0.39, 0.29) is 29.1 Å². The first kappa shape index (κ1) is 15.0. The van der Waals surface area contributed by atoms with Crippen LogP contribution in [0.5, 0.6) is 0 Å². The van der Waals surface area contributed by atoms with Crippen LogP contribution in [-0.4, -0.2) is 40.1 Å². The molecule has 3 N–H and O–H groups in total. The molecule has 0 heterocycles. The summed E-state index contributed by atoms with van der Waals surface area (Å²) in [6.45, 7) is 0. The summed E-state index contributed by atoms with van der Waals surface area (Å²) >= 11 is 1.51. The van der Waals surface area contributed by atoms with Gasteiger partial charge in [-0.3, -0.25) is 4.79 Å². The number of rotatable bonds is 6. The largest absolute Gasteiger partial charge is 0.478 e. The molecule has 19 heavy (non-hydrogen) atoms. The highest BCUT2D eigenvalue weighted by Crippen LogP contribution is 2.16. The van der Waals surface area contributed by atoms with Gasteiger partial charge >= 0.3 is 11.9 Å². The van der Waals surface area contributed by atoms with Crippen molar-refractivity contribution < 1.29 is 24.6 Å². The molecule has 102 valence electrons. The van der Waals surface area contributed by atoms with Crippen molar-refractivity contribution in [2.75, 3.05) is 17.3 Å². The standard InChI is InChI=1S/C12H13NO5S/c1-19-3-2-10(14)13-9-5-7(11(15)16)4-8(6-9)12(17)18/h4-6H,2-3H2,1H3,(H,13,14)(H,15,16)(H,17,18). The number of carbonyl (C=O) groups excluding carboxylic acids is 1. The SMILES string of the molecule is CSCCC(=O)Nc1cc(C(=O)O)cc(C(=O)O)c1. The Kier molecular flexibility index (Phi) is 5.37. The molecule has 1 aromatic carbocycles. The van der Waals surface area contributed by atoms with Gasteiger partial charge in [0.05, 0.1) is 11.1 Å². The normalized spacial score (nSPS) is 9.95. The third kappa shape index (κ3) is 4.63. The fourth-order valence-electron chi connectivity index (χ4n) is 1.36. The Morgan fingerprint density at radius 2 is 1.63 bits per heavy atom. The van der Waals surface area contributed by atoms with Gasteiger partial charge in [0.15, 0.2) is 0 Å². The minimum atomic E-state index is -1.25. The smallest absolute Gasteiger partial charge is 0.335 e. The highest BCUT2D eigenvalue weighted by molar-refractivity contribution is 7.98. The Labute approximate surface area is 113 Å². The molecule has 0 aliphatic heterocycles. The van der Waals surface area contributed by atoms with Crippen molar-refractivity contribution in [3.05, 3.63) is 29.3 Å². The van der Waals surface area contributed by atoms with Gasteiger partial charge in [-0.05, 0) is 24.5 Å². The molecule has 6 nitrogen and oxygen atoms in total. The maximum absolute atomic E-state index is 11.5. The van der Waals surface area contributed by atoms with Gasteiger partial charge in [0.2, 0.25) is 5.91 Å². The molecule has 0 saturated carbocycles. The van der Waals surface area contributed by atoms with Crippen molar-refractivity contribution in [3.63, 3.8) is 0 Å². The first-order chi connectivity index (χ1) is 8.93. The first-order valence-corrected chi connectivity index (χ1v) is 6.74. The molecule has 0 aliphatic rings. The van der Waals surface area contributed by atoms with Gasteiger partial charge in [-0.25, -0.2) is 9.59 Å². The average Bonchev–Trinajstić information content (AvgIpc) is 2.35. The Balaban J connectivity index is 2.96. The molecule has 0 fully saturated rings. The Morgan fingerprint density at radius 1 is 1.11 bits per heavy atom. The lowest BCUT2D eigenvalue weighted by molar-refractivity contribution is -0.115. The van der Waals surface area contributed by atoms with Gasteiger partial charge in [-0.15, -0.1) is 0 Å². The van der Waals surface area contributed by atoms with E-state index in [1.165, 1.54) is 23.9 Å². The van der Waals surface area contributed by atoms with Crippen LogP contribution < -0.4 is 5.32 Å². The van der Waals surface area contributed by atoms with Gasteiger partial charge in [0.1, 0.15) is 0 Å². The Hall–Kier alpha value is -2.02. The number of aromatic carboxylic acids is 2. The number of carboxylic acid groups (broad SMARTS) is 2.